The Morgan fingerprint density at radius 3 is 2.55 bits per heavy atom. The van der Waals surface area contributed by atoms with Gasteiger partial charge in [-0.3, -0.25) is 20.4 Å². The van der Waals surface area contributed by atoms with Gasteiger partial charge in [0.25, 0.3) is 0 Å². The summed E-state index contributed by atoms with van der Waals surface area (Å²) < 4.78 is 13.5. The highest BCUT2D eigenvalue weighted by molar-refractivity contribution is 6.34. The Morgan fingerprint density at radius 1 is 1.29 bits per heavy atom. The van der Waals surface area contributed by atoms with E-state index in [0.717, 1.165) is 26.2 Å². The van der Waals surface area contributed by atoms with Gasteiger partial charge in [-0.05, 0) is 18.9 Å². The van der Waals surface area contributed by atoms with Crippen molar-refractivity contribution >= 4 is 28.9 Å². The number of likely N-dealkylation sites (tertiary alicyclic amines) is 1. The number of halogens is 2. The molecule has 3 aliphatic heterocycles. The lowest BCUT2D eigenvalue weighted by Crippen LogP contribution is -2.62. The minimum absolute atomic E-state index is 0.0575. The van der Waals surface area contributed by atoms with E-state index in [1.807, 2.05) is 0 Å². The second-order valence-corrected chi connectivity index (χ2v) is 9.07. The maximum absolute atomic E-state index is 13.5. The third kappa shape index (κ3) is 4.65. The Balaban J connectivity index is 1.53. The molecule has 4 atom stereocenters. The molecule has 1 amide bonds. The lowest BCUT2D eigenvalue weighted by Gasteiger charge is -2.34. The van der Waals surface area contributed by atoms with Crippen molar-refractivity contribution in [1.29, 1.82) is 0 Å². The van der Waals surface area contributed by atoms with Gasteiger partial charge < -0.3 is 20.9 Å². The van der Waals surface area contributed by atoms with Crippen LogP contribution in [0, 0.1) is 22.7 Å². The number of nitrogens with one attached hydrogen (secondary N) is 3. The molecule has 3 saturated heterocycles. The number of hydrogen-bond acceptors (Lipinski definition) is 9. The van der Waals surface area contributed by atoms with E-state index >= 15 is 0 Å². The van der Waals surface area contributed by atoms with E-state index in [4.69, 9.17) is 17.3 Å². The first kappa shape index (κ1) is 22.3. The monoisotopic (exact) mass is 454 g/mol. The number of anilines is 2. The van der Waals surface area contributed by atoms with Crippen molar-refractivity contribution < 1.29 is 9.18 Å². The molecule has 4 heterocycles. The molecule has 4 rings (SSSR count). The summed E-state index contributed by atoms with van der Waals surface area (Å²) >= 11 is 6.49. The zero-order valence-corrected chi connectivity index (χ0v) is 18.1. The molecule has 1 aromatic rings. The second kappa shape index (κ2) is 9.29. The van der Waals surface area contributed by atoms with Crippen molar-refractivity contribution in [3.8, 4) is 0 Å². The van der Waals surface area contributed by atoms with Gasteiger partial charge in [0.05, 0.1) is 28.8 Å². The van der Waals surface area contributed by atoms with Crippen LogP contribution in [0.2, 0.25) is 5.02 Å². The van der Waals surface area contributed by atoms with Crippen LogP contribution in [-0.4, -0.2) is 80.6 Å². The molecule has 170 valence electrons. The third-order valence-corrected chi connectivity index (χ3v) is 6.66. The van der Waals surface area contributed by atoms with Crippen LogP contribution in [0.4, 0.5) is 15.8 Å². The number of pyridine rings is 1. The summed E-state index contributed by atoms with van der Waals surface area (Å²) in [6, 6.07) is 0. The van der Waals surface area contributed by atoms with Gasteiger partial charge in [0, 0.05) is 45.5 Å². The topological polar surface area (TPSA) is 128 Å². The average Bonchev–Trinajstić information content (AvgIpc) is 3.26. The van der Waals surface area contributed by atoms with Crippen molar-refractivity contribution in [2.45, 2.75) is 18.5 Å². The first-order chi connectivity index (χ1) is 14.9. The van der Waals surface area contributed by atoms with E-state index < -0.39 is 30.3 Å². The van der Waals surface area contributed by atoms with Crippen molar-refractivity contribution in [1.82, 2.24) is 20.5 Å². The summed E-state index contributed by atoms with van der Waals surface area (Å²) in [5.74, 6) is -0.465. The minimum Gasteiger partial charge on any atom is -0.368 e. The molecule has 3 fully saturated rings. The fourth-order valence-corrected chi connectivity index (χ4v) is 5.22. The van der Waals surface area contributed by atoms with E-state index in [1.165, 1.54) is 6.20 Å². The first-order valence-electron chi connectivity index (χ1n) is 10.4. The van der Waals surface area contributed by atoms with Gasteiger partial charge in [0.15, 0.2) is 6.17 Å². The Hall–Kier alpha value is -1.92. The van der Waals surface area contributed by atoms with E-state index in [-0.39, 0.29) is 13.1 Å². The molecule has 10 nitrogen and oxygen atoms in total. The number of amides is 1. The standard InChI is InChI=1S/C19H28ClFN8O2/c1-28-6-10-8-29(9-11(10)7-28)16-13(20)4-23-5-14(16)26-19(30)15(17(22)27-31)18-24-2-12(21)3-25-18/h4-5,10-12,15,17-18,24-25H,2-3,6-9,22H2,1H3,(H,26,30). The molecular formula is C19H28ClFN8O2. The van der Waals surface area contributed by atoms with Crippen molar-refractivity contribution in [3.63, 3.8) is 0 Å². The molecule has 0 aliphatic carbocycles. The number of aromatic nitrogens is 1. The lowest BCUT2D eigenvalue weighted by molar-refractivity contribution is -0.122. The number of rotatable bonds is 6. The lowest BCUT2D eigenvalue weighted by atomic mass is 9.99. The zero-order chi connectivity index (χ0) is 22.1. The van der Waals surface area contributed by atoms with Gasteiger partial charge >= 0.3 is 0 Å². The predicted molar refractivity (Wildman–Crippen MR) is 117 cm³/mol. The molecule has 12 heteroatoms. The maximum atomic E-state index is 13.5. The third-order valence-electron chi connectivity index (χ3n) is 6.39. The van der Waals surface area contributed by atoms with Crippen LogP contribution in [-0.2, 0) is 4.79 Å². The molecule has 31 heavy (non-hydrogen) atoms. The summed E-state index contributed by atoms with van der Waals surface area (Å²) in [7, 11) is 2.12. The number of fused-ring (bicyclic) bond motifs is 1. The highest BCUT2D eigenvalue weighted by atomic mass is 35.5. The normalized spacial score (nSPS) is 30.6. The first-order valence-corrected chi connectivity index (χ1v) is 10.8. The van der Waals surface area contributed by atoms with Gasteiger partial charge in [-0.25, -0.2) is 4.39 Å². The predicted octanol–water partition coefficient (Wildman–Crippen LogP) is 0.196. The zero-order valence-electron chi connectivity index (χ0n) is 17.3. The summed E-state index contributed by atoms with van der Waals surface area (Å²) in [5, 5.41) is 11.9. The Bertz CT molecular complexity index is 810. The number of hydrogen-bond donors (Lipinski definition) is 4. The van der Waals surface area contributed by atoms with Crippen molar-refractivity contribution in [3.05, 3.63) is 22.3 Å². The summed E-state index contributed by atoms with van der Waals surface area (Å²) in [5.41, 5.74) is 6.99. The van der Waals surface area contributed by atoms with Gasteiger partial charge in [-0.1, -0.05) is 16.8 Å². The van der Waals surface area contributed by atoms with Gasteiger partial charge in [0.1, 0.15) is 12.1 Å². The highest BCUT2D eigenvalue weighted by Gasteiger charge is 2.41. The molecule has 4 unspecified atom stereocenters. The van der Waals surface area contributed by atoms with Gasteiger partial charge in [-0.2, -0.15) is 0 Å². The van der Waals surface area contributed by atoms with E-state index in [2.05, 4.69) is 43.0 Å². The SMILES string of the molecule is CN1CC2CN(c3c(Cl)cncc3NC(=O)C(C(N)N=O)C3NCC(F)CN3)CC2C1. The van der Waals surface area contributed by atoms with Crippen LogP contribution < -0.4 is 26.6 Å². The molecule has 3 aliphatic rings. The Kier molecular flexibility index (Phi) is 6.68. The smallest absolute Gasteiger partial charge is 0.234 e. The largest absolute Gasteiger partial charge is 0.368 e. The van der Waals surface area contributed by atoms with Crippen LogP contribution >= 0.6 is 11.6 Å². The number of alkyl halides is 1. The summed E-state index contributed by atoms with van der Waals surface area (Å²) in [6.45, 7) is 3.85. The van der Waals surface area contributed by atoms with Crippen LogP contribution in [0.3, 0.4) is 0 Å². The highest BCUT2D eigenvalue weighted by Crippen LogP contribution is 2.40. The Morgan fingerprint density at radius 2 is 1.94 bits per heavy atom. The van der Waals surface area contributed by atoms with Gasteiger partial charge in [0.2, 0.25) is 5.91 Å². The van der Waals surface area contributed by atoms with Crippen LogP contribution in [0.25, 0.3) is 0 Å². The number of nitrogens with two attached hydrogens (primary N) is 1. The fourth-order valence-electron chi connectivity index (χ4n) is 4.94. The number of nitroso groups, excluding NO2 is 1. The quantitative estimate of drug-likeness (QED) is 0.449. The van der Waals surface area contributed by atoms with Crippen LogP contribution in [0.5, 0.6) is 0 Å². The Labute approximate surface area is 185 Å². The average molecular weight is 455 g/mol. The number of nitrogens with zero attached hydrogens (tertiary/aromatic N) is 4. The number of carbonyl (C=O) groups is 1. The summed E-state index contributed by atoms with van der Waals surface area (Å²) in [6.07, 6.45) is 0.0117. The summed E-state index contributed by atoms with van der Waals surface area (Å²) in [4.78, 5) is 32.9. The molecule has 0 saturated carbocycles. The molecule has 0 aromatic carbocycles. The minimum atomic E-state index is -1.31. The maximum Gasteiger partial charge on any atom is 0.234 e. The van der Waals surface area contributed by atoms with Crippen molar-refractivity contribution in [2.75, 3.05) is 56.5 Å². The molecule has 1 aromatic heterocycles. The van der Waals surface area contributed by atoms with Crippen LogP contribution in [0.15, 0.2) is 17.6 Å². The fraction of sp³-hybridized carbons (Fsp3) is 0.684. The van der Waals surface area contributed by atoms with Gasteiger partial charge in [-0.15, -0.1) is 4.91 Å². The van der Waals surface area contributed by atoms with Crippen LogP contribution in [0.1, 0.15) is 0 Å². The molecule has 0 spiro atoms. The van der Waals surface area contributed by atoms with E-state index in [0.29, 0.717) is 28.2 Å². The molecule has 0 radical (unpaired) electrons. The molecular weight excluding hydrogens is 427 g/mol. The van der Waals surface area contributed by atoms with E-state index in [9.17, 15) is 14.1 Å². The van der Waals surface area contributed by atoms with Crippen molar-refractivity contribution in [2.24, 2.45) is 28.7 Å². The molecule has 0 bridgehead atoms. The number of carbonyl (C=O) groups excluding carboxylic acids is 1. The second-order valence-electron chi connectivity index (χ2n) is 8.67. The molecule has 5 N–H and O–H groups in total. The van der Waals surface area contributed by atoms with E-state index in [1.54, 1.807) is 6.20 Å².